The molecule has 1 aromatic carbocycles. The van der Waals surface area contributed by atoms with Crippen LogP contribution in [0.15, 0.2) is 30.3 Å². The van der Waals surface area contributed by atoms with Gasteiger partial charge in [0.2, 0.25) is 0 Å². The van der Waals surface area contributed by atoms with E-state index in [9.17, 15) is 4.79 Å². The minimum atomic E-state index is -0.488. The lowest BCUT2D eigenvalue weighted by Crippen LogP contribution is -2.33. The van der Waals surface area contributed by atoms with Gasteiger partial charge in [0.15, 0.2) is 0 Å². The van der Waals surface area contributed by atoms with Crippen LogP contribution < -0.4 is 5.73 Å². The van der Waals surface area contributed by atoms with Crippen LogP contribution >= 0.6 is 11.8 Å². The van der Waals surface area contributed by atoms with Gasteiger partial charge in [0.05, 0.1) is 6.61 Å². The van der Waals surface area contributed by atoms with Gasteiger partial charge >= 0.3 is 5.97 Å². The van der Waals surface area contributed by atoms with E-state index in [1.807, 2.05) is 36.6 Å². The second kappa shape index (κ2) is 8.14. The predicted molar refractivity (Wildman–Crippen MR) is 72.1 cm³/mol. The molecule has 3 nitrogen and oxygen atoms in total. The van der Waals surface area contributed by atoms with Crippen LogP contribution in [0.2, 0.25) is 0 Å². The van der Waals surface area contributed by atoms with E-state index in [1.165, 1.54) is 0 Å². The SMILES string of the molecule is CSCCC(N)C(=O)OCCc1ccccc1. The molecular formula is C13H19NO2S. The zero-order chi connectivity index (χ0) is 12.5. The van der Waals surface area contributed by atoms with Gasteiger partial charge in [-0.25, -0.2) is 0 Å². The molecule has 1 atom stereocenters. The van der Waals surface area contributed by atoms with Crippen LogP contribution in [0.3, 0.4) is 0 Å². The summed E-state index contributed by atoms with van der Waals surface area (Å²) < 4.78 is 5.13. The molecule has 0 radical (unpaired) electrons. The van der Waals surface area contributed by atoms with E-state index in [0.29, 0.717) is 13.0 Å². The molecule has 0 bridgehead atoms. The van der Waals surface area contributed by atoms with Crippen LogP contribution in [0.5, 0.6) is 0 Å². The Morgan fingerprint density at radius 3 is 2.76 bits per heavy atom. The van der Waals surface area contributed by atoms with Crippen LogP contribution in [0.1, 0.15) is 12.0 Å². The first-order valence-electron chi connectivity index (χ1n) is 5.69. The summed E-state index contributed by atoms with van der Waals surface area (Å²) in [6.07, 6.45) is 3.40. The molecule has 0 aromatic heterocycles. The Hall–Kier alpha value is -1.00. The van der Waals surface area contributed by atoms with E-state index in [0.717, 1.165) is 17.7 Å². The van der Waals surface area contributed by atoms with Crippen molar-refractivity contribution in [2.75, 3.05) is 18.6 Å². The highest BCUT2D eigenvalue weighted by atomic mass is 32.2. The van der Waals surface area contributed by atoms with Crippen molar-refractivity contribution in [3.05, 3.63) is 35.9 Å². The van der Waals surface area contributed by atoms with Crippen molar-refractivity contribution in [3.63, 3.8) is 0 Å². The number of nitrogens with two attached hydrogens (primary N) is 1. The van der Waals surface area contributed by atoms with Gasteiger partial charge in [0, 0.05) is 6.42 Å². The monoisotopic (exact) mass is 253 g/mol. The fraction of sp³-hybridized carbons (Fsp3) is 0.462. The molecule has 17 heavy (non-hydrogen) atoms. The average molecular weight is 253 g/mol. The predicted octanol–water partition coefficient (Wildman–Crippen LogP) is 1.85. The number of hydrogen-bond acceptors (Lipinski definition) is 4. The zero-order valence-corrected chi connectivity index (χ0v) is 10.9. The molecule has 1 unspecified atom stereocenters. The maximum atomic E-state index is 11.5. The molecular weight excluding hydrogens is 234 g/mol. The molecule has 1 rings (SSSR count). The molecule has 0 aliphatic rings. The average Bonchev–Trinajstić information content (AvgIpc) is 2.37. The topological polar surface area (TPSA) is 52.3 Å². The Balaban J connectivity index is 2.20. The standard InChI is InChI=1S/C13H19NO2S/c1-17-10-8-12(14)13(15)16-9-7-11-5-3-2-4-6-11/h2-6,12H,7-10,14H2,1H3. The maximum absolute atomic E-state index is 11.5. The van der Waals surface area contributed by atoms with Crippen LogP contribution in [0, 0.1) is 0 Å². The van der Waals surface area contributed by atoms with Crippen LogP contribution in [0.25, 0.3) is 0 Å². The minimum Gasteiger partial charge on any atom is -0.464 e. The Bertz CT molecular complexity index is 329. The number of rotatable bonds is 7. The normalized spacial score (nSPS) is 12.1. The van der Waals surface area contributed by atoms with E-state index >= 15 is 0 Å². The molecule has 0 saturated heterocycles. The highest BCUT2D eigenvalue weighted by Crippen LogP contribution is 2.02. The molecule has 0 aliphatic carbocycles. The van der Waals surface area contributed by atoms with Gasteiger partial charge in [-0.05, 0) is 24.0 Å². The lowest BCUT2D eigenvalue weighted by Gasteiger charge is -2.10. The molecule has 0 aliphatic heterocycles. The molecule has 4 heteroatoms. The van der Waals surface area contributed by atoms with Crippen molar-refractivity contribution in [1.82, 2.24) is 0 Å². The van der Waals surface area contributed by atoms with Gasteiger partial charge in [0.1, 0.15) is 6.04 Å². The van der Waals surface area contributed by atoms with Crippen molar-refractivity contribution in [2.24, 2.45) is 5.73 Å². The van der Waals surface area contributed by atoms with Gasteiger partial charge in [-0.1, -0.05) is 30.3 Å². The number of carbonyl (C=O) groups is 1. The third kappa shape index (κ3) is 5.75. The van der Waals surface area contributed by atoms with Crippen LogP contribution in [-0.2, 0) is 16.0 Å². The molecule has 0 fully saturated rings. The van der Waals surface area contributed by atoms with Crippen LogP contribution in [0.4, 0.5) is 0 Å². The zero-order valence-electron chi connectivity index (χ0n) is 10.1. The van der Waals surface area contributed by atoms with Crippen molar-refractivity contribution >= 4 is 17.7 Å². The summed E-state index contributed by atoms with van der Waals surface area (Å²) in [5.41, 5.74) is 6.86. The molecule has 0 amide bonds. The van der Waals surface area contributed by atoms with Gasteiger partial charge < -0.3 is 10.5 Å². The van der Waals surface area contributed by atoms with E-state index < -0.39 is 6.04 Å². The number of esters is 1. The quantitative estimate of drug-likeness (QED) is 0.754. The summed E-state index contributed by atoms with van der Waals surface area (Å²) in [5, 5.41) is 0. The maximum Gasteiger partial charge on any atom is 0.322 e. The van der Waals surface area contributed by atoms with Crippen molar-refractivity contribution in [1.29, 1.82) is 0 Å². The second-order valence-corrected chi connectivity index (χ2v) is 4.78. The van der Waals surface area contributed by atoms with E-state index in [2.05, 4.69) is 0 Å². The number of thioether (sulfide) groups is 1. The van der Waals surface area contributed by atoms with Crippen molar-refractivity contribution in [3.8, 4) is 0 Å². The molecule has 2 N–H and O–H groups in total. The smallest absolute Gasteiger partial charge is 0.322 e. The third-order valence-corrected chi connectivity index (χ3v) is 3.06. The van der Waals surface area contributed by atoms with E-state index in [-0.39, 0.29) is 5.97 Å². The Morgan fingerprint density at radius 1 is 1.41 bits per heavy atom. The first kappa shape index (κ1) is 14.1. The third-order valence-electron chi connectivity index (χ3n) is 2.41. The molecule has 94 valence electrons. The minimum absolute atomic E-state index is 0.296. The molecule has 0 spiro atoms. The number of carbonyl (C=O) groups excluding carboxylic acids is 1. The Labute approximate surface area is 107 Å². The number of benzene rings is 1. The lowest BCUT2D eigenvalue weighted by atomic mass is 10.2. The Morgan fingerprint density at radius 2 is 2.12 bits per heavy atom. The van der Waals surface area contributed by atoms with Gasteiger partial charge in [0.25, 0.3) is 0 Å². The first-order valence-corrected chi connectivity index (χ1v) is 7.08. The number of hydrogen-bond donors (Lipinski definition) is 1. The summed E-state index contributed by atoms with van der Waals surface area (Å²) in [5.74, 6) is 0.588. The van der Waals surface area contributed by atoms with Gasteiger partial charge in [-0.15, -0.1) is 0 Å². The van der Waals surface area contributed by atoms with Gasteiger partial charge in [-0.3, -0.25) is 4.79 Å². The fourth-order valence-corrected chi connectivity index (χ4v) is 1.87. The fourth-order valence-electron chi connectivity index (χ4n) is 1.38. The highest BCUT2D eigenvalue weighted by molar-refractivity contribution is 7.98. The lowest BCUT2D eigenvalue weighted by molar-refractivity contribution is -0.145. The summed E-state index contributed by atoms with van der Waals surface area (Å²) in [6, 6.07) is 9.46. The molecule has 0 heterocycles. The molecule has 1 aromatic rings. The van der Waals surface area contributed by atoms with Gasteiger partial charge in [-0.2, -0.15) is 11.8 Å². The van der Waals surface area contributed by atoms with E-state index in [1.54, 1.807) is 11.8 Å². The highest BCUT2D eigenvalue weighted by Gasteiger charge is 2.13. The first-order chi connectivity index (χ1) is 8.24. The summed E-state index contributed by atoms with van der Waals surface area (Å²) in [7, 11) is 0. The summed E-state index contributed by atoms with van der Waals surface area (Å²) in [4.78, 5) is 11.5. The van der Waals surface area contributed by atoms with Crippen LogP contribution in [-0.4, -0.2) is 30.6 Å². The van der Waals surface area contributed by atoms with Crippen molar-refractivity contribution < 1.29 is 9.53 Å². The van der Waals surface area contributed by atoms with Crippen molar-refractivity contribution in [2.45, 2.75) is 18.9 Å². The number of ether oxygens (including phenoxy) is 1. The Kier molecular flexibility index (Phi) is 6.74. The largest absolute Gasteiger partial charge is 0.464 e. The summed E-state index contributed by atoms with van der Waals surface area (Å²) >= 11 is 1.68. The van der Waals surface area contributed by atoms with E-state index in [4.69, 9.17) is 10.5 Å². The second-order valence-electron chi connectivity index (χ2n) is 3.79. The molecule has 0 saturated carbocycles. The summed E-state index contributed by atoms with van der Waals surface area (Å²) in [6.45, 7) is 0.399.